The first-order valence-corrected chi connectivity index (χ1v) is 23.4. The molecule has 4 aromatic rings. The highest BCUT2D eigenvalue weighted by molar-refractivity contribution is 15.0. The van der Waals surface area contributed by atoms with Crippen LogP contribution in [0.4, 0.5) is 0 Å². The highest BCUT2D eigenvalue weighted by Gasteiger charge is 2.16. The van der Waals surface area contributed by atoms with Crippen LogP contribution >= 0.6 is 59.8 Å². The van der Waals surface area contributed by atoms with Gasteiger partial charge in [-0.1, -0.05) is 98.8 Å². The topological polar surface area (TPSA) is 126 Å². The van der Waals surface area contributed by atoms with Gasteiger partial charge in [0.05, 0.1) is 11.4 Å². The van der Waals surface area contributed by atoms with Gasteiger partial charge < -0.3 is 20.4 Å². The fourth-order valence-electron chi connectivity index (χ4n) is 4.90. The number of benzene rings is 2. The van der Waals surface area contributed by atoms with Crippen molar-refractivity contribution in [2.24, 2.45) is 0 Å². The molecule has 4 rings (SSSR count). The van der Waals surface area contributed by atoms with Crippen molar-refractivity contribution in [3.63, 3.8) is 0 Å². The molecule has 2 amide bonds. The Morgan fingerprint density at radius 2 is 1.06 bits per heavy atom. The molecule has 0 bridgehead atoms. The molecule has 12 nitrogen and oxygen atoms in total. The van der Waals surface area contributed by atoms with Gasteiger partial charge in [-0.25, -0.2) is 9.36 Å². The van der Waals surface area contributed by atoms with E-state index in [9.17, 15) is 9.59 Å². The van der Waals surface area contributed by atoms with Gasteiger partial charge >= 0.3 is 0 Å². The quantitative estimate of drug-likeness (QED) is 0.141. The van der Waals surface area contributed by atoms with Crippen molar-refractivity contribution in [2.75, 3.05) is 52.4 Å². The Kier molecular flexibility index (Phi) is 21.0. The van der Waals surface area contributed by atoms with E-state index in [1.807, 2.05) is 67.6 Å². The summed E-state index contributed by atoms with van der Waals surface area (Å²) in [5, 5.41) is 22.3. The summed E-state index contributed by atoms with van der Waals surface area (Å²) < 4.78 is 4.12. The molecule has 0 radical (unpaired) electrons. The molecule has 262 valence electrons. The van der Waals surface area contributed by atoms with Crippen LogP contribution in [-0.2, 0) is 22.7 Å². The Balaban J connectivity index is 0.000000317. The highest BCUT2D eigenvalue weighted by atomic mass is 128. The molecule has 0 spiro atoms. The number of nitrogens with one attached hydrogen (secondary N) is 2. The lowest BCUT2D eigenvalue weighted by Crippen LogP contribution is -2.36. The summed E-state index contributed by atoms with van der Waals surface area (Å²) in [5.74, 6) is -0.0881. The number of carbonyl (C=O) groups is 2. The fourth-order valence-corrected chi connectivity index (χ4v) is 5.59. The van der Waals surface area contributed by atoms with Gasteiger partial charge in [-0.2, -0.15) is 0 Å². The maximum absolute atomic E-state index is 12.1. The van der Waals surface area contributed by atoms with Crippen LogP contribution in [0.2, 0.25) is 0 Å². The van der Waals surface area contributed by atoms with Crippen LogP contribution in [0.5, 0.6) is 0 Å². The second-order valence-electron chi connectivity index (χ2n) is 10.6. The monoisotopic (exact) mass is 996 g/mol. The lowest BCUT2D eigenvalue weighted by atomic mass is 10.1. The molecule has 0 saturated heterocycles. The molecule has 2 aromatic carbocycles. The molecular formula is C33H47I3N10O2. The van der Waals surface area contributed by atoms with Crippen molar-refractivity contribution < 1.29 is 9.59 Å². The third-order valence-corrected chi connectivity index (χ3v) is 8.29. The Morgan fingerprint density at radius 3 is 1.50 bits per heavy atom. The van der Waals surface area contributed by atoms with Crippen LogP contribution in [0.15, 0.2) is 60.7 Å². The number of hydrogen-bond donors (Lipinski definition) is 2. The van der Waals surface area contributed by atoms with Crippen molar-refractivity contribution in [1.29, 1.82) is 0 Å². The van der Waals surface area contributed by atoms with Gasteiger partial charge in [0.2, 0.25) is 11.8 Å². The number of likely N-dealkylation sites (N-methyl/N-ethyl adjacent to an activating group) is 2. The van der Waals surface area contributed by atoms with Gasteiger partial charge in [0.15, 0.2) is 3.70 Å². The van der Waals surface area contributed by atoms with E-state index in [1.54, 1.807) is 9.36 Å². The lowest BCUT2D eigenvalue weighted by Gasteiger charge is -2.18. The SMILES string of the molecule is CCN(CC)CCNC(=O)Cn1nnc(C)c1-c1ccccc1.CCN(CC)CCNC(=O)Cn1nnc(I)c1-c1ccccc1.II. The van der Waals surface area contributed by atoms with E-state index in [4.69, 9.17) is 0 Å². The van der Waals surface area contributed by atoms with E-state index in [0.29, 0.717) is 13.1 Å². The second-order valence-corrected chi connectivity index (χ2v) is 11.6. The molecule has 0 fully saturated rings. The molecule has 15 heteroatoms. The normalized spacial score (nSPS) is 10.6. The van der Waals surface area contributed by atoms with E-state index in [0.717, 1.165) is 71.2 Å². The number of aryl methyl sites for hydroxylation is 1. The Morgan fingerprint density at radius 1 is 0.667 bits per heavy atom. The first kappa shape index (κ1) is 41.9. The van der Waals surface area contributed by atoms with E-state index in [2.05, 4.69) is 129 Å². The number of rotatable bonds is 16. The van der Waals surface area contributed by atoms with E-state index >= 15 is 0 Å². The molecule has 2 N–H and O–H groups in total. The number of nitrogens with zero attached hydrogens (tertiary/aromatic N) is 8. The molecule has 0 saturated carbocycles. The largest absolute Gasteiger partial charge is 0.353 e. The summed E-state index contributed by atoms with van der Waals surface area (Å²) in [6, 6.07) is 19.8. The molecular weight excluding hydrogens is 949 g/mol. The Bertz CT molecular complexity index is 1370. The van der Waals surface area contributed by atoms with Crippen molar-refractivity contribution in [3.8, 4) is 22.5 Å². The number of halogens is 3. The van der Waals surface area contributed by atoms with Crippen LogP contribution in [-0.4, -0.2) is 104 Å². The summed E-state index contributed by atoms with van der Waals surface area (Å²) in [4.78, 5) is 28.8. The number of carbonyl (C=O) groups excluding carboxylic acids is 2. The third-order valence-electron chi connectivity index (χ3n) is 7.57. The van der Waals surface area contributed by atoms with Crippen LogP contribution in [0.1, 0.15) is 33.4 Å². The molecule has 0 aliphatic rings. The van der Waals surface area contributed by atoms with Gasteiger partial charge in [-0.05, 0) is 55.7 Å². The first-order chi connectivity index (χ1) is 23.3. The van der Waals surface area contributed by atoms with Crippen LogP contribution in [0.3, 0.4) is 0 Å². The van der Waals surface area contributed by atoms with Crippen molar-refractivity contribution in [1.82, 2.24) is 50.4 Å². The van der Waals surface area contributed by atoms with Gasteiger partial charge in [-0.3, -0.25) is 9.59 Å². The van der Waals surface area contributed by atoms with Crippen LogP contribution in [0, 0.1) is 10.6 Å². The minimum Gasteiger partial charge on any atom is -0.353 e. The molecule has 0 unspecified atom stereocenters. The van der Waals surface area contributed by atoms with Crippen LogP contribution < -0.4 is 10.6 Å². The minimum absolute atomic E-state index is 0.0424. The number of hydrogen-bond acceptors (Lipinski definition) is 8. The minimum atomic E-state index is -0.0457. The van der Waals surface area contributed by atoms with Gasteiger partial charge in [0.25, 0.3) is 0 Å². The van der Waals surface area contributed by atoms with E-state index in [-0.39, 0.29) is 24.9 Å². The maximum Gasteiger partial charge on any atom is 0.241 e. The summed E-state index contributed by atoms with van der Waals surface area (Å²) >= 11 is 6.39. The molecule has 0 aliphatic heterocycles. The highest BCUT2D eigenvalue weighted by Crippen LogP contribution is 2.23. The van der Waals surface area contributed by atoms with Gasteiger partial charge in [0, 0.05) is 74.5 Å². The average molecular weight is 997 g/mol. The van der Waals surface area contributed by atoms with E-state index < -0.39 is 0 Å². The molecule has 2 heterocycles. The van der Waals surface area contributed by atoms with E-state index in [1.165, 1.54) is 0 Å². The zero-order valence-electron chi connectivity index (χ0n) is 28.4. The number of aromatic nitrogens is 6. The summed E-state index contributed by atoms with van der Waals surface area (Å²) in [6.07, 6.45) is 0. The predicted molar refractivity (Wildman–Crippen MR) is 218 cm³/mol. The molecule has 48 heavy (non-hydrogen) atoms. The maximum atomic E-state index is 12.1. The van der Waals surface area contributed by atoms with Crippen molar-refractivity contribution in [3.05, 3.63) is 70.1 Å². The first-order valence-electron chi connectivity index (χ1n) is 16.0. The van der Waals surface area contributed by atoms with Crippen LogP contribution in [0.25, 0.3) is 22.5 Å². The zero-order chi connectivity index (χ0) is 35.3. The van der Waals surface area contributed by atoms with Crippen molar-refractivity contribution in [2.45, 2.75) is 47.7 Å². The average Bonchev–Trinajstić information content (AvgIpc) is 3.67. The number of amides is 2. The summed E-state index contributed by atoms with van der Waals surface area (Å²) in [5.41, 5.74) is 4.63. The standard InChI is InChI=1S/C17H25N5O.C16H22IN5O.I2/c1-4-21(5-2)12-11-18-16(23)13-22-17(14(3)19-20-22)15-9-7-6-8-10-15;1-3-21(4-2)11-10-18-14(23)12-22-15(16(17)19-20-22)13-8-6-5-7-9-13;1-2/h6-10H,4-5,11-13H2,1-3H3,(H,18,23);5-9H,3-4,10-12H2,1-2H3,(H,18,23);. The lowest BCUT2D eigenvalue weighted by molar-refractivity contribution is -0.122. The Labute approximate surface area is 321 Å². The third kappa shape index (κ3) is 13.9. The van der Waals surface area contributed by atoms with Crippen molar-refractivity contribution >= 4 is 71.6 Å². The molecule has 0 atom stereocenters. The smallest absolute Gasteiger partial charge is 0.241 e. The zero-order valence-corrected chi connectivity index (χ0v) is 34.8. The molecule has 2 aromatic heterocycles. The fraction of sp³-hybridized carbons (Fsp3) is 0.455. The van der Waals surface area contributed by atoms with Gasteiger partial charge in [0.1, 0.15) is 18.8 Å². The molecule has 0 aliphatic carbocycles. The van der Waals surface area contributed by atoms with Gasteiger partial charge in [-0.15, -0.1) is 10.2 Å². The Hall–Kier alpha value is -2.23. The predicted octanol–water partition coefficient (Wildman–Crippen LogP) is 5.49. The second kappa shape index (κ2) is 24.0. The summed E-state index contributed by atoms with van der Waals surface area (Å²) in [7, 11) is 0. The summed E-state index contributed by atoms with van der Waals surface area (Å²) in [6.45, 7) is 17.7.